The third kappa shape index (κ3) is 2.81. The lowest BCUT2D eigenvalue weighted by Gasteiger charge is -2.14. The van der Waals surface area contributed by atoms with Crippen molar-refractivity contribution in [2.45, 2.75) is 26.2 Å². The van der Waals surface area contributed by atoms with Gasteiger partial charge in [0.1, 0.15) is 12.0 Å². The van der Waals surface area contributed by atoms with Gasteiger partial charge in [-0.25, -0.2) is 0 Å². The molecular weight excluding hydrogens is 256 g/mol. The summed E-state index contributed by atoms with van der Waals surface area (Å²) in [4.78, 5) is 10.5. The standard InChI is InChI=1S/C12H15BrO2/c1-8(4-5-14)11-7-10(15-3)6-9(2)12(11)13/h5-8H,4H2,1-3H3. The fourth-order valence-electron chi connectivity index (χ4n) is 1.51. The lowest BCUT2D eigenvalue weighted by Crippen LogP contribution is -1.98. The van der Waals surface area contributed by atoms with E-state index < -0.39 is 0 Å². The second-order valence-corrected chi connectivity index (χ2v) is 4.44. The quantitative estimate of drug-likeness (QED) is 0.784. The maximum atomic E-state index is 10.5. The van der Waals surface area contributed by atoms with E-state index in [9.17, 15) is 4.79 Å². The lowest BCUT2D eigenvalue weighted by molar-refractivity contribution is -0.108. The first-order valence-electron chi connectivity index (χ1n) is 4.87. The van der Waals surface area contributed by atoms with Gasteiger partial charge in [-0.15, -0.1) is 0 Å². The van der Waals surface area contributed by atoms with E-state index in [4.69, 9.17) is 4.74 Å². The minimum absolute atomic E-state index is 0.214. The van der Waals surface area contributed by atoms with Crippen molar-refractivity contribution in [3.8, 4) is 5.75 Å². The van der Waals surface area contributed by atoms with Crippen molar-refractivity contribution in [1.29, 1.82) is 0 Å². The first-order valence-corrected chi connectivity index (χ1v) is 5.67. The van der Waals surface area contributed by atoms with Gasteiger partial charge in [0.2, 0.25) is 0 Å². The lowest BCUT2D eigenvalue weighted by atomic mass is 9.96. The molecule has 0 aliphatic rings. The molecule has 1 atom stereocenters. The van der Waals surface area contributed by atoms with Crippen LogP contribution in [0.25, 0.3) is 0 Å². The molecule has 15 heavy (non-hydrogen) atoms. The van der Waals surface area contributed by atoms with Crippen LogP contribution in [-0.4, -0.2) is 13.4 Å². The molecule has 0 aromatic heterocycles. The summed E-state index contributed by atoms with van der Waals surface area (Å²) in [7, 11) is 1.65. The van der Waals surface area contributed by atoms with Crippen LogP contribution < -0.4 is 4.74 Å². The Balaban J connectivity index is 3.14. The third-order valence-corrected chi connectivity index (χ3v) is 3.56. The summed E-state index contributed by atoms with van der Waals surface area (Å²) in [5.74, 6) is 1.05. The van der Waals surface area contributed by atoms with Crippen LogP contribution in [0.4, 0.5) is 0 Å². The Bertz CT molecular complexity index is 361. The predicted molar refractivity (Wildman–Crippen MR) is 64.5 cm³/mol. The molecule has 82 valence electrons. The molecule has 2 nitrogen and oxygen atoms in total. The van der Waals surface area contributed by atoms with Gasteiger partial charge in [0, 0.05) is 10.9 Å². The fourth-order valence-corrected chi connectivity index (χ4v) is 2.13. The number of ether oxygens (including phenoxy) is 1. The fraction of sp³-hybridized carbons (Fsp3) is 0.417. The molecule has 1 rings (SSSR count). The molecule has 1 aromatic rings. The van der Waals surface area contributed by atoms with Gasteiger partial charge in [0.05, 0.1) is 7.11 Å². The van der Waals surface area contributed by atoms with Crippen molar-refractivity contribution in [2.24, 2.45) is 0 Å². The average Bonchev–Trinajstić information content (AvgIpc) is 2.22. The van der Waals surface area contributed by atoms with Crippen molar-refractivity contribution in [2.75, 3.05) is 7.11 Å². The molecule has 0 bridgehead atoms. The molecule has 0 saturated carbocycles. The first-order chi connectivity index (χ1) is 7.10. The van der Waals surface area contributed by atoms with Gasteiger partial charge in [-0.05, 0) is 36.1 Å². The minimum Gasteiger partial charge on any atom is -0.497 e. The predicted octanol–water partition coefficient (Wildman–Crippen LogP) is 3.46. The Morgan fingerprint density at radius 3 is 2.73 bits per heavy atom. The Labute approximate surface area is 98.8 Å². The Kier molecular flexibility index (Phi) is 4.33. The molecule has 0 aliphatic heterocycles. The van der Waals surface area contributed by atoms with E-state index in [1.165, 1.54) is 0 Å². The van der Waals surface area contributed by atoms with Crippen molar-refractivity contribution in [3.05, 3.63) is 27.7 Å². The van der Waals surface area contributed by atoms with E-state index in [0.717, 1.165) is 27.6 Å². The number of aryl methyl sites for hydroxylation is 1. The number of halogens is 1. The molecule has 0 N–H and O–H groups in total. The van der Waals surface area contributed by atoms with E-state index in [0.29, 0.717) is 6.42 Å². The van der Waals surface area contributed by atoms with Gasteiger partial charge in [-0.3, -0.25) is 0 Å². The molecule has 0 saturated heterocycles. The van der Waals surface area contributed by atoms with E-state index in [1.807, 2.05) is 26.0 Å². The summed E-state index contributed by atoms with van der Waals surface area (Å²) >= 11 is 3.54. The van der Waals surface area contributed by atoms with Crippen LogP contribution in [0.3, 0.4) is 0 Å². The molecule has 3 heteroatoms. The summed E-state index contributed by atoms with van der Waals surface area (Å²) in [5, 5.41) is 0. The van der Waals surface area contributed by atoms with E-state index in [1.54, 1.807) is 7.11 Å². The smallest absolute Gasteiger partial charge is 0.120 e. The topological polar surface area (TPSA) is 26.3 Å². The highest BCUT2D eigenvalue weighted by molar-refractivity contribution is 9.10. The SMILES string of the molecule is COc1cc(C)c(Br)c(C(C)CC=O)c1. The number of rotatable bonds is 4. The summed E-state index contributed by atoms with van der Waals surface area (Å²) in [6, 6.07) is 3.95. The normalized spacial score (nSPS) is 12.3. The minimum atomic E-state index is 0.214. The maximum absolute atomic E-state index is 10.5. The molecular formula is C12H15BrO2. The highest BCUT2D eigenvalue weighted by Crippen LogP contribution is 2.33. The average molecular weight is 271 g/mol. The molecule has 0 spiro atoms. The number of carbonyl (C=O) groups is 1. The third-order valence-electron chi connectivity index (χ3n) is 2.47. The summed E-state index contributed by atoms with van der Waals surface area (Å²) in [5.41, 5.74) is 2.25. The number of methoxy groups -OCH3 is 1. The van der Waals surface area contributed by atoms with Gasteiger partial charge in [0.15, 0.2) is 0 Å². The first kappa shape index (κ1) is 12.2. The second-order valence-electron chi connectivity index (χ2n) is 3.65. The van der Waals surface area contributed by atoms with E-state index in [-0.39, 0.29) is 5.92 Å². The van der Waals surface area contributed by atoms with Crippen LogP contribution in [-0.2, 0) is 4.79 Å². The Morgan fingerprint density at radius 1 is 1.53 bits per heavy atom. The molecule has 0 heterocycles. The van der Waals surface area contributed by atoms with Crippen LogP contribution >= 0.6 is 15.9 Å². The largest absolute Gasteiger partial charge is 0.497 e. The number of hydrogen-bond acceptors (Lipinski definition) is 2. The molecule has 0 fully saturated rings. The molecule has 0 aliphatic carbocycles. The van der Waals surface area contributed by atoms with Crippen LogP contribution in [0, 0.1) is 6.92 Å². The summed E-state index contributed by atoms with van der Waals surface area (Å²) in [6.45, 7) is 4.05. The highest BCUT2D eigenvalue weighted by atomic mass is 79.9. The summed E-state index contributed by atoms with van der Waals surface area (Å²) in [6.07, 6.45) is 1.48. The van der Waals surface area contributed by atoms with Crippen LogP contribution in [0.2, 0.25) is 0 Å². The van der Waals surface area contributed by atoms with Crippen LogP contribution in [0.5, 0.6) is 5.75 Å². The Hall–Kier alpha value is -0.830. The summed E-state index contributed by atoms with van der Waals surface area (Å²) < 4.78 is 6.28. The zero-order valence-corrected chi connectivity index (χ0v) is 10.8. The zero-order chi connectivity index (χ0) is 11.4. The van der Waals surface area contributed by atoms with Gasteiger partial charge in [0.25, 0.3) is 0 Å². The van der Waals surface area contributed by atoms with Crippen LogP contribution in [0.15, 0.2) is 16.6 Å². The van der Waals surface area contributed by atoms with Crippen molar-refractivity contribution >= 4 is 22.2 Å². The Morgan fingerprint density at radius 2 is 2.20 bits per heavy atom. The second kappa shape index (κ2) is 5.31. The number of aldehydes is 1. The van der Waals surface area contributed by atoms with E-state index in [2.05, 4.69) is 15.9 Å². The number of carbonyl (C=O) groups excluding carboxylic acids is 1. The maximum Gasteiger partial charge on any atom is 0.120 e. The van der Waals surface area contributed by atoms with Gasteiger partial charge in [-0.1, -0.05) is 22.9 Å². The van der Waals surface area contributed by atoms with Crippen molar-refractivity contribution in [1.82, 2.24) is 0 Å². The number of benzene rings is 1. The van der Waals surface area contributed by atoms with Crippen molar-refractivity contribution < 1.29 is 9.53 Å². The monoisotopic (exact) mass is 270 g/mol. The van der Waals surface area contributed by atoms with Gasteiger partial charge >= 0.3 is 0 Å². The highest BCUT2D eigenvalue weighted by Gasteiger charge is 2.12. The van der Waals surface area contributed by atoms with Crippen LogP contribution in [0.1, 0.15) is 30.4 Å². The molecule has 0 amide bonds. The molecule has 1 aromatic carbocycles. The molecule has 1 unspecified atom stereocenters. The van der Waals surface area contributed by atoms with Gasteiger partial charge < -0.3 is 9.53 Å². The van der Waals surface area contributed by atoms with E-state index >= 15 is 0 Å². The number of hydrogen-bond donors (Lipinski definition) is 0. The van der Waals surface area contributed by atoms with Gasteiger partial charge in [-0.2, -0.15) is 0 Å². The zero-order valence-electron chi connectivity index (χ0n) is 9.21. The molecule has 0 radical (unpaired) electrons. The van der Waals surface area contributed by atoms with Crippen molar-refractivity contribution in [3.63, 3.8) is 0 Å².